The molecule has 4 rings (SSSR count). The van der Waals surface area contributed by atoms with Crippen LogP contribution in [0.4, 0.5) is 19.0 Å². The van der Waals surface area contributed by atoms with Gasteiger partial charge in [0.25, 0.3) is 0 Å². The molecule has 1 saturated heterocycles. The smallest absolute Gasteiger partial charge is 0.353 e. The van der Waals surface area contributed by atoms with Crippen LogP contribution in [0.5, 0.6) is 0 Å². The molecule has 1 fully saturated rings. The Morgan fingerprint density at radius 2 is 1.59 bits per heavy atom. The third-order valence-electron chi connectivity index (χ3n) is 4.55. The molecule has 27 heavy (non-hydrogen) atoms. The van der Waals surface area contributed by atoms with Gasteiger partial charge in [0.05, 0.1) is 16.9 Å². The molecule has 0 atom stereocenters. The van der Waals surface area contributed by atoms with E-state index >= 15 is 0 Å². The lowest BCUT2D eigenvalue weighted by molar-refractivity contribution is -0.137. The van der Waals surface area contributed by atoms with Crippen molar-refractivity contribution in [1.29, 1.82) is 0 Å². The number of rotatable bonds is 3. The summed E-state index contributed by atoms with van der Waals surface area (Å²) in [5.41, 5.74) is 1.56. The van der Waals surface area contributed by atoms with E-state index in [1.54, 1.807) is 17.1 Å². The van der Waals surface area contributed by atoms with Crippen LogP contribution in [0.3, 0.4) is 0 Å². The van der Waals surface area contributed by atoms with E-state index in [-0.39, 0.29) is 0 Å². The van der Waals surface area contributed by atoms with Crippen molar-refractivity contribution >= 4 is 5.82 Å². The maximum atomic E-state index is 12.9. The summed E-state index contributed by atoms with van der Waals surface area (Å²) in [6.45, 7) is 3.41. The van der Waals surface area contributed by atoms with Gasteiger partial charge in [-0.25, -0.2) is 4.68 Å². The molecular weight excluding hydrogens is 355 g/mol. The van der Waals surface area contributed by atoms with Gasteiger partial charge in [-0.2, -0.15) is 13.2 Å². The maximum absolute atomic E-state index is 12.9. The monoisotopic (exact) mass is 373 g/mol. The minimum absolute atomic E-state index is 0.663. The fraction of sp³-hybridized carbons (Fsp3) is 0.263. The van der Waals surface area contributed by atoms with Gasteiger partial charge in [-0.15, -0.1) is 5.10 Å². The Labute approximate surface area is 154 Å². The Morgan fingerprint density at radius 3 is 2.22 bits per heavy atom. The summed E-state index contributed by atoms with van der Waals surface area (Å²) < 4.78 is 40.4. The molecular formula is C19H18F3N5. The van der Waals surface area contributed by atoms with Crippen molar-refractivity contribution in [2.45, 2.75) is 6.18 Å². The molecule has 140 valence electrons. The molecule has 1 aromatic carbocycles. The van der Waals surface area contributed by atoms with E-state index < -0.39 is 11.7 Å². The number of halogens is 3. The minimum atomic E-state index is -4.35. The molecule has 3 aromatic rings. The highest BCUT2D eigenvalue weighted by Crippen LogP contribution is 2.32. The van der Waals surface area contributed by atoms with Crippen molar-refractivity contribution in [2.75, 3.05) is 31.1 Å². The number of nitrogens with one attached hydrogen (secondary N) is 1. The lowest BCUT2D eigenvalue weighted by Crippen LogP contribution is -2.43. The second-order valence-corrected chi connectivity index (χ2v) is 6.32. The van der Waals surface area contributed by atoms with Gasteiger partial charge in [-0.05, 0) is 24.3 Å². The van der Waals surface area contributed by atoms with Crippen LogP contribution in [-0.2, 0) is 6.18 Å². The van der Waals surface area contributed by atoms with E-state index in [2.05, 4.69) is 15.2 Å². The highest BCUT2D eigenvalue weighted by Gasteiger charge is 2.30. The first-order chi connectivity index (χ1) is 13.0. The highest BCUT2D eigenvalue weighted by molar-refractivity contribution is 5.67. The number of hydrogen-bond acceptors (Lipinski definition) is 4. The second kappa shape index (κ2) is 7.03. The van der Waals surface area contributed by atoms with E-state index in [1.807, 2.05) is 18.2 Å². The van der Waals surface area contributed by atoms with Gasteiger partial charge in [0.2, 0.25) is 0 Å². The predicted molar refractivity (Wildman–Crippen MR) is 96.9 cm³/mol. The van der Waals surface area contributed by atoms with E-state index in [1.165, 1.54) is 12.1 Å². The van der Waals surface area contributed by atoms with E-state index in [9.17, 15) is 13.2 Å². The standard InChI is InChI=1S/C19H18F3N5/c20-19(21,22)15-3-1-14(2-4-15)17-13-18(26-11-9-24-10-12-26)25-27(17)16-5-7-23-8-6-16/h1-8,13,24H,9-12H2. The fourth-order valence-corrected chi connectivity index (χ4v) is 3.13. The largest absolute Gasteiger partial charge is 0.416 e. The Kier molecular flexibility index (Phi) is 4.57. The van der Waals surface area contributed by atoms with Crippen LogP contribution >= 0.6 is 0 Å². The lowest BCUT2D eigenvalue weighted by Gasteiger charge is -2.27. The predicted octanol–water partition coefficient (Wildman–Crippen LogP) is 3.36. The molecule has 0 radical (unpaired) electrons. The van der Waals surface area contributed by atoms with Crippen LogP contribution in [0, 0.1) is 0 Å². The molecule has 3 heterocycles. The Morgan fingerprint density at radius 1 is 0.926 bits per heavy atom. The van der Waals surface area contributed by atoms with Crippen LogP contribution in [-0.4, -0.2) is 40.9 Å². The number of nitrogens with zero attached hydrogens (tertiary/aromatic N) is 4. The van der Waals surface area contributed by atoms with Crippen LogP contribution in [0.15, 0.2) is 54.9 Å². The first-order valence-corrected chi connectivity index (χ1v) is 8.66. The number of hydrogen-bond donors (Lipinski definition) is 1. The van der Waals surface area contributed by atoms with E-state index in [4.69, 9.17) is 5.10 Å². The molecule has 5 nitrogen and oxygen atoms in total. The summed E-state index contributed by atoms with van der Waals surface area (Å²) in [5.74, 6) is 0.809. The number of aromatic nitrogens is 3. The zero-order valence-electron chi connectivity index (χ0n) is 14.4. The molecule has 0 unspecified atom stereocenters. The molecule has 2 aromatic heterocycles. The third-order valence-corrected chi connectivity index (χ3v) is 4.55. The lowest BCUT2D eigenvalue weighted by atomic mass is 10.1. The number of pyridine rings is 1. The zero-order chi connectivity index (χ0) is 18.9. The SMILES string of the molecule is FC(F)(F)c1ccc(-c2cc(N3CCNCC3)nn2-c2ccncc2)cc1. The molecule has 1 aliphatic heterocycles. The van der Waals surface area contributed by atoms with Crippen molar-refractivity contribution in [3.05, 3.63) is 60.4 Å². The van der Waals surface area contributed by atoms with Crippen LogP contribution in [0.25, 0.3) is 16.9 Å². The van der Waals surface area contributed by atoms with Gasteiger partial charge in [0, 0.05) is 50.2 Å². The summed E-state index contributed by atoms with van der Waals surface area (Å²) in [6.07, 6.45) is -1.02. The van der Waals surface area contributed by atoms with Crippen molar-refractivity contribution in [3.8, 4) is 16.9 Å². The van der Waals surface area contributed by atoms with Gasteiger partial charge in [0.15, 0.2) is 5.82 Å². The summed E-state index contributed by atoms with van der Waals surface area (Å²) >= 11 is 0. The molecule has 0 saturated carbocycles. The van der Waals surface area contributed by atoms with Crippen molar-refractivity contribution in [3.63, 3.8) is 0 Å². The number of alkyl halides is 3. The average Bonchev–Trinajstić information content (AvgIpc) is 3.14. The number of piperazine rings is 1. The van der Waals surface area contributed by atoms with Crippen molar-refractivity contribution in [2.24, 2.45) is 0 Å². The van der Waals surface area contributed by atoms with Gasteiger partial charge in [-0.1, -0.05) is 12.1 Å². The van der Waals surface area contributed by atoms with Crippen molar-refractivity contribution < 1.29 is 13.2 Å². The van der Waals surface area contributed by atoms with Gasteiger partial charge >= 0.3 is 6.18 Å². The van der Waals surface area contributed by atoms with Gasteiger partial charge in [0.1, 0.15) is 0 Å². The quantitative estimate of drug-likeness (QED) is 0.765. The maximum Gasteiger partial charge on any atom is 0.416 e. The third kappa shape index (κ3) is 3.66. The molecule has 0 spiro atoms. The van der Waals surface area contributed by atoms with E-state index in [0.717, 1.165) is 55.5 Å². The Hall–Kier alpha value is -2.87. The number of anilines is 1. The number of benzene rings is 1. The summed E-state index contributed by atoms with van der Waals surface area (Å²) in [5, 5.41) is 8.02. The van der Waals surface area contributed by atoms with Crippen LogP contribution < -0.4 is 10.2 Å². The topological polar surface area (TPSA) is 46.0 Å². The molecule has 0 amide bonds. The van der Waals surface area contributed by atoms with Gasteiger partial charge < -0.3 is 10.2 Å². The summed E-state index contributed by atoms with van der Waals surface area (Å²) in [4.78, 5) is 6.19. The zero-order valence-corrected chi connectivity index (χ0v) is 14.4. The fourth-order valence-electron chi connectivity index (χ4n) is 3.13. The molecule has 1 N–H and O–H groups in total. The van der Waals surface area contributed by atoms with Crippen LogP contribution in [0.2, 0.25) is 0 Å². The minimum Gasteiger partial charge on any atom is -0.353 e. The second-order valence-electron chi connectivity index (χ2n) is 6.32. The normalized spacial score (nSPS) is 15.1. The van der Waals surface area contributed by atoms with E-state index in [0.29, 0.717) is 5.56 Å². The average molecular weight is 373 g/mol. The molecule has 0 aliphatic carbocycles. The first-order valence-electron chi connectivity index (χ1n) is 8.66. The van der Waals surface area contributed by atoms with Gasteiger partial charge in [-0.3, -0.25) is 4.98 Å². The van der Waals surface area contributed by atoms with Crippen LogP contribution in [0.1, 0.15) is 5.56 Å². The molecule has 1 aliphatic rings. The molecule has 8 heteroatoms. The molecule has 0 bridgehead atoms. The highest BCUT2D eigenvalue weighted by atomic mass is 19.4. The van der Waals surface area contributed by atoms with Crippen molar-refractivity contribution in [1.82, 2.24) is 20.1 Å². The Balaban J connectivity index is 1.77. The Bertz CT molecular complexity index is 897. The summed E-state index contributed by atoms with van der Waals surface area (Å²) in [7, 11) is 0. The first kappa shape index (κ1) is 17.5. The summed E-state index contributed by atoms with van der Waals surface area (Å²) in [6, 6.07) is 10.7.